The molecule has 1 unspecified atom stereocenters. The van der Waals surface area contributed by atoms with E-state index in [0.717, 1.165) is 5.69 Å². The third-order valence-corrected chi connectivity index (χ3v) is 4.63. The summed E-state index contributed by atoms with van der Waals surface area (Å²) in [6, 6.07) is 2.17. The molecule has 110 valence electrons. The lowest BCUT2D eigenvalue weighted by Crippen LogP contribution is -2.41. The topological polar surface area (TPSA) is 76.0 Å². The molecule has 0 bridgehead atoms. The molecule has 0 aliphatic rings. The van der Waals surface area contributed by atoms with Crippen molar-refractivity contribution < 1.29 is 8.42 Å². The highest BCUT2D eigenvalue weighted by atomic mass is 32.2. The summed E-state index contributed by atoms with van der Waals surface area (Å²) in [6.45, 7) is 6.53. The quantitative estimate of drug-likeness (QED) is 0.720. The Balaban J connectivity index is 2.37. The summed E-state index contributed by atoms with van der Waals surface area (Å²) in [7, 11) is -1.43. The van der Waals surface area contributed by atoms with Crippen molar-refractivity contribution in [2.45, 2.75) is 38.5 Å². The standard InChI is InChI=1S/C12H24N4O2S/c1-10(2)13-9-11(3)19(17,18)14-7-5-12-6-8-16(4)15-12/h6,8,10-11,13-14H,5,7,9H2,1-4H3. The van der Waals surface area contributed by atoms with Crippen molar-refractivity contribution in [3.05, 3.63) is 18.0 Å². The van der Waals surface area contributed by atoms with E-state index in [1.54, 1.807) is 11.6 Å². The zero-order valence-electron chi connectivity index (χ0n) is 12.0. The van der Waals surface area contributed by atoms with Crippen LogP contribution in [0.4, 0.5) is 0 Å². The Hall–Kier alpha value is -0.920. The molecule has 19 heavy (non-hydrogen) atoms. The SMILES string of the molecule is CC(C)NCC(C)S(=O)(=O)NCCc1ccn(C)n1. The van der Waals surface area contributed by atoms with Gasteiger partial charge in [0.1, 0.15) is 0 Å². The van der Waals surface area contributed by atoms with E-state index in [1.165, 1.54) is 0 Å². The Kier molecular flexibility index (Phi) is 5.96. The number of hydrogen-bond acceptors (Lipinski definition) is 4. The molecule has 1 aromatic rings. The fraction of sp³-hybridized carbons (Fsp3) is 0.750. The van der Waals surface area contributed by atoms with Gasteiger partial charge in [-0.05, 0) is 13.0 Å². The molecule has 0 aliphatic heterocycles. The number of hydrogen-bond donors (Lipinski definition) is 2. The number of sulfonamides is 1. The highest BCUT2D eigenvalue weighted by Gasteiger charge is 2.19. The molecule has 1 aromatic heterocycles. The molecule has 1 atom stereocenters. The minimum Gasteiger partial charge on any atom is -0.313 e. The van der Waals surface area contributed by atoms with E-state index in [1.807, 2.05) is 33.2 Å². The van der Waals surface area contributed by atoms with Crippen molar-refractivity contribution in [1.29, 1.82) is 0 Å². The third kappa shape index (κ3) is 5.71. The summed E-state index contributed by atoms with van der Waals surface area (Å²) in [5, 5.41) is 6.89. The second kappa shape index (κ2) is 7.02. The predicted molar refractivity (Wildman–Crippen MR) is 76.4 cm³/mol. The fourth-order valence-corrected chi connectivity index (χ4v) is 2.56. The fourth-order valence-electron chi connectivity index (χ4n) is 1.57. The van der Waals surface area contributed by atoms with Crippen molar-refractivity contribution in [1.82, 2.24) is 19.8 Å². The van der Waals surface area contributed by atoms with E-state index in [-0.39, 0.29) is 6.04 Å². The van der Waals surface area contributed by atoms with Crippen LogP contribution in [-0.2, 0) is 23.5 Å². The monoisotopic (exact) mass is 288 g/mol. The number of aromatic nitrogens is 2. The zero-order chi connectivity index (χ0) is 14.5. The smallest absolute Gasteiger partial charge is 0.215 e. The van der Waals surface area contributed by atoms with Gasteiger partial charge in [-0.3, -0.25) is 4.68 Å². The lowest BCUT2D eigenvalue weighted by atomic mass is 10.3. The van der Waals surface area contributed by atoms with Crippen molar-refractivity contribution in [3.8, 4) is 0 Å². The summed E-state index contributed by atoms with van der Waals surface area (Å²) < 4.78 is 28.3. The van der Waals surface area contributed by atoms with Gasteiger partial charge in [-0.2, -0.15) is 5.10 Å². The molecule has 1 rings (SSSR count). The van der Waals surface area contributed by atoms with Crippen molar-refractivity contribution in [3.63, 3.8) is 0 Å². The second-order valence-corrected chi connectivity index (χ2v) is 7.23. The molecule has 0 aliphatic carbocycles. The normalized spacial score (nSPS) is 13.9. The van der Waals surface area contributed by atoms with Gasteiger partial charge in [0, 0.05) is 38.8 Å². The van der Waals surface area contributed by atoms with Gasteiger partial charge in [0.15, 0.2) is 0 Å². The molecule has 0 spiro atoms. The van der Waals surface area contributed by atoms with Gasteiger partial charge in [-0.25, -0.2) is 13.1 Å². The largest absolute Gasteiger partial charge is 0.313 e. The van der Waals surface area contributed by atoms with Crippen LogP contribution in [0.25, 0.3) is 0 Å². The summed E-state index contributed by atoms with van der Waals surface area (Å²) in [6.07, 6.45) is 2.45. The van der Waals surface area contributed by atoms with Crippen molar-refractivity contribution in [2.75, 3.05) is 13.1 Å². The molecule has 0 fully saturated rings. The number of aryl methyl sites for hydroxylation is 1. The highest BCUT2D eigenvalue weighted by molar-refractivity contribution is 7.90. The van der Waals surface area contributed by atoms with Crippen LogP contribution < -0.4 is 10.0 Å². The van der Waals surface area contributed by atoms with E-state index < -0.39 is 15.3 Å². The molecule has 7 heteroatoms. The van der Waals surface area contributed by atoms with Gasteiger partial charge in [-0.15, -0.1) is 0 Å². The molecule has 0 aromatic carbocycles. The van der Waals surface area contributed by atoms with E-state index >= 15 is 0 Å². The molecule has 0 radical (unpaired) electrons. The minimum absolute atomic E-state index is 0.283. The summed E-state index contributed by atoms with van der Waals surface area (Å²) in [4.78, 5) is 0. The first kappa shape index (κ1) is 16.1. The highest BCUT2D eigenvalue weighted by Crippen LogP contribution is 1.99. The molecule has 0 saturated carbocycles. The van der Waals surface area contributed by atoms with Crippen LogP contribution in [0.1, 0.15) is 26.5 Å². The van der Waals surface area contributed by atoms with Crippen LogP contribution in [0.15, 0.2) is 12.3 Å². The van der Waals surface area contributed by atoms with E-state index in [2.05, 4.69) is 15.1 Å². The first-order chi connectivity index (χ1) is 8.81. The van der Waals surface area contributed by atoms with Gasteiger partial charge in [0.25, 0.3) is 0 Å². The molecule has 2 N–H and O–H groups in total. The Bertz CT molecular complexity index is 482. The van der Waals surface area contributed by atoms with E-state index in [9.17, 15) is 8.42 Å². The lowest BCUT2D eigenvalue weighted by molar-refractivity contribution is 0.540. The molecule has 1 heterocycles. The number of nitrogens with one attached hydrogen (secondary N) is 2. The Morgan fingerprint density at radius 3 is 2.58 bits per heavy atom. The maximum Gasteiger partial charge on any atom is 0.215 e. The zero-order valence-corrected chi connectivity index (χ0v) is 12.9. The average Bonchev–Trinajstić information content (AvgIpc) is 2.71. The molecule has 0 amide bonds. The molecule has 0 saturated heterocycles. The van der Waals surface area contributed by atoms with Crippen LogP contribution in [0.5, 0.6) is 0 Å². The lowest BCUT2D eigenvalue weighted by Gasteiger charge is -2.16. The summed E-state index contributed by atoms with van der Waals surface area (Å²) in [5.74, 6) is 0. The number of nitrogens with zero attached hydrogens (tertiary/aromatic N) is 2. The Morgan fingerprint density at radius 1 is 1.37 bits per heavy atom. The van der Waals surface area contributed by atoms with Crippen LogP contribution in [-0.4, -0.2) is 42.6 Å². The predicted octanol–water partition coefficient (Wildman–Crippen LogP) is 0.269. The second-order valence-electron chi connectivity index (χ2n) is 5.04. The third-order valence-electron chi connectivity index (χ3n) is 2.80. The van der Waals surface area contributed by atoms with Gasteiger partial charge in [0.2, 0.25) is 10.0 Å². The molecular formula is C12H24N4O2S. The minimum atomic E-state index is -3.27. The van der Waals surface area contributed by atoms with Crippen LogP contribution in [0, 0.1) is 0 Å². The first-order valence-corrected chi connectivity index (χ1v) is 8.06. The maximum atomic E-state index is 12.0. The number of rotatable bonds is 8. The van der Waals surface area contributed by atoms with Crippen LogP contribution >= 0.6 is 0 Å². The summed E-state index contributed by atoms with van der Waals surface area (Å²) in [5.41, 5.74) is 0.887. The first-order valence-electron chi connectivity index (χ1n) is 6.51. The van der Waals surface area contributed by atoms with Gasteiger partial charge < -0.3 is 5.32 Å². The van der Waals surface area contributed by atoms with Crippen molar-refractivity contribution in [2.24, 2.45) is 7.05 Å². The Morgan fingerprint density at radius 2 is 2.05 bits per heavy atom. The molecule has 6 nitrogen and oxygen atoms in total. The van der Waals surface area contributed by atoms with Gasteiger partial charge >= 0.3 is 0 Å². The van der Waals surface area contributed by atoms with Gasteiger partial charge in [-0.1, -0.05) is 13.8 Å². The van der Waals surface area contributed by atoms with E-state index in [4.69, 9.17) is 0 Å². The summed E-state index contributed by atoms with van der Waals surface area (Å²) >= 11 is 0. The average molecular weight is 288 g/mol. The molecular weight excluding hydrogens is 264 g/mol. The van der Waals surface area contributed by atoms with Gasteiger partial charge in [0.05, 0.1) is 10.9 Å². The van der Waals surface area contributed by atoms with Crippen molar-refractivity contribution >= 4 is 10.0 Å². The Labute approximate surface area is 115 Å². The van der Waals surface area contributed by atoms with Crippen LogP contribution in [0.3, 0.4) is 0 Å². The maximum absolute atomic E-state index is 12.0. The van der Waals surface area contributed by atoms with E-state index in [0.29, 0.717) is 19.5 Å². The van der Waals surface area contributed by atoms with Crippen LogP contribution in [0.2, 0.25) is 0 Å².